The monoisotopic (exact) mass is 320 g/mol. The van der Waals surface area contributed by atoms with Crippen molar-refractivity contribution in [2.45, 2.75) is 13.0 Å². The van der Waals surface area contributed by atoms with Crippen molar-refractivity contribution in [3.63, 3.8) is 0 Å². The third-order valence-corrected chi connectivity index (χ3v) is 2.70. The summed E-state index contributed by atoms with van der Waals surface area (Å²) in [6, 6.07) is 4.65. The third kappa shape index (κ3) is 5.24. The predicted molar refractivity (Wildman–Crippen MR) is 74.7 cm³/mol. The molecule has 2 N–H and O–H groups in total. The van der Waals surface area contributed by atoms with Gasteiger partial charge in [0.1, 0.15) is 12.4 Å². The molecule has 0 aliphatic rings. The van der Waals surface area contributed by atoms with Crippen LogP contribution in [0.4, 0.5) is 0 Å². The molecule has 1 aromatic carbocycles. The highest BCUT2D eigenvalue weighted by Gasteiger charge is 2.16. The zero-order valence-corrected chi connectivity index (χ0v) is 12.4. The van der Waals surface area contributed by atoms with E-state index in [2.05, 4.69) is 15.6 Å². The van der Waals surface area contributed by atoms with Gasteiger partial charge in [0.05, 0.1) is 5.02 Å². The van der Waals surface area contributed by atoms with Crippen molar-refractivity contribution < 1.29 is 19.1 Å². The lowest BCUT2D eigenvalue weighted by molar-refractivity contribution is -0.134. The summed E-state index contributed by atoms with van der Waals surface area (Å²) in [7, 11) is 1.37. The van der Waals surface area contributed by atoms with Crippen LogP contribution in [0.3, 0.4) is 0 Å². The summed E-state index contributed by atoms with van der Waals surface area (Å²) in [6.07, 6.45) is -0.850. The number of hydrogen-bond acceptors (Lipinski definition) is 4. The van der Waals surface area contributed by atoms with Gasteiger partial charge in [-0.3, -0.25) is 20.4 Å². The summed E-state index contributed by atoms with van der Waals surface area (Å²) >= 11 is 11.7. The number of hydrazine groups is 1. The molecule has 20 heavy (non-hydrogen) atoms. The molecule has 1 atom stereocenters. The van der Waals surface area contributed by atoms with Crippen LogP contribution in [0.2, 0.25) is 10.0 Å². The molecule has 8 heteroatoms. The summed E-state index contributed by atoms with van der Waals surface area (Å²) in [6.45, 7) is 1.36. The SMILES string of the molecule is COCC(=O)NNC(=O)[C@H](C)Oc1ccc(Cl)cc1Cl. The van der Waals surface area contributed by atoms with Gasteiger partial charge in [-0.05, 0) is 25.1 Å². The Labute approximate surface area is 126 Å². The highest BCUT2D eigenvalue weighted by Crippen LogP contribution is 2.28. The average molecular weight is 321 g/mol. The van der Waals surface area contributed by atoms with Crippen molar-refractivity contribution in [3.8, 4) is 5.75 Å². The van der Waals surface area contributed by atoms with Gasteiger partial charge in [0, 0.05) is 12.1 Å². The van der Waals surface area contributed by atoms with Gasteiger partial charge in [0.2, 0.25) is 0 Å². The van der Waals surface area contributed by atoms with Gasteiger partial charge in [-0.1, -0.05) is 23.2 Å². The molecule has 0 aliphatic heterocycles. The van der Waals surface area contributed by atoms with Gasteiger partial charge in [-0.15, -0.1) is 0 Å². The van der Waals surface area contributed by atoms with E-state index in [-0.39, 0.29) is 6.61 Å². The van der Waals surface area contributed by atoms with E-state index >= 15 is 0 Å². The van der Waals surface area contributed by atoms with Crippen LogP contribution in [0.15, 0.2) is 18.2 Å². The van der Waals surface area contributed by atoms with E-state index in [1.165, 1.54) is 20.1 Å². The standard InChI is InChI=1S/C12H14Cl2N2O4/c1-7(12(18)16-15-11(17)6-19-2)20-10-4-3-8(13)5-9(10)14/h3-5,7H,6H2,1-2H3,(H,15,17)(H,16,18)/t7-/m0/s1. The van der Waals surface area contributed by atoms with Gasteiger partial charge in [-0.25, -0.2) is 0 Å². The molecular formula is C12H14Cl2N2O4. The molecular weight excluding hydrogens is 307 g/mol. The minimum atomic E-state index is -0.850. The lowest BCUT2D eigenvalue weighted by Gasteiger charge is -2.16. The Bertz CT molecular complexity index is 496. The Balaban J connectivity index is 2.51. The Hall–Kier alpha value is -1.50. The Morgan fingerprint density at radius 1 is 1.30 bits per heavy atom. The quantitative estimate of drug-likeness (QED) is 0.807. The number of amides is 2. The summed E-state index contributed by atoms with van der Waals surface area (Å²) in [5.74, 6) is -0.681. The van der Waals surface area contributed by atoms with Gasteiger partial charge in [-0.2, -0.15) is 0 Å². The molecule has 0 saturated carbocycles. The lowest BCUT2D eigenvalue weighted by Crippen LogP contribution is -2.48. The molecule has 0 radical (unpaired) electrons. The van der Waals surface area contributed by atoms with E-state index < -0.39 is 17.9 Å². The second kappa shape index (κ2) is 7.94. The highest BCUT2D eigenvalue weighted by atomic mass is 35.5. The highest BCUT2D eigenvalue weighted by molar-refractivity contribution is 6.35. The molecule has 1 rings (SSSR count). The van der Waals surface area contributed by atoms with Crippen LogP contribution in [-0.2, 0) is 14.3 Å². The van der Waals surface area contributed by atoms with E-state index in [1.807, 2.05) is 0 Å². The average Bonchev–Trinajstić information content (AvgIpc) is 2.39. The molecule has 110 valence electrons. The van der Waals surface area contributed by atoms with Crippen LogP contribution in [0.1, 0.15) is 6.92 Å². The minimum absolute atomic E-state index is 0.154. The smallest absolute Gasteiger partial charge is 0.279 e. The van der Waals surface area contributed by atoms with Crippen LogP contribution in [0.25, 0.3) is 0 Å². The second-order valence-corrected chi connectivity index (χ2v) is 4.65. The van der Waals surface area contributed by atoms with E-state index in [0.29, 0.717) is 15.8 Å². The fourth-order valence-corrected chi connectivity index (χ4v) is 1.67. The van der Waals surface area contributed by atoms with Crippen LogP contribution in [0, 0.1) is 0 Å². The number of methoxy groups -OCH3 is 1. The second-order valence-electron chi connectivity index (χ2n) is 3.81. The lowest BCUT2D eigenvalue weighted by atomic mass is 10.3. The molecule has 0 bridgehead atoms. The van der Waals surface area contributed by atoms with Crippen molar-refractivity contribution >= 4 is 35.0 Å². The number of ether oxygens (including phenoxy) is 2. The normalized spacial score (nSPS) is 11.6. The molecule has 0 unspecified atom stereocenters. The first-order valence-electron chi connectivity index (χ1n) is 5.63. The molecule has 0 heterocycles. The minimum Gasteiger partial charge on any atom is -0.479 e. The molecule has 6 nitrogen and oxygen atoms in total. The van der Waals surface area contributed by atoms with E-state index in [9.17, 15) is 9.59 Å². The van der Waals surface area contributed by atoms with Crippen molar-refractivity contribution in [1.29, 1.82) is 0 Å². The first-order chi connectivity index (χ1) is 9.43. The number of rotatable bonds is 5. The number of carbonyl (C=O) groups is 2. The van der Waals surface area contributed by atoms with Gasteiger partial charge in [0.25, 0.3) is 11.8 Å². The van der Waals surface area contributed by atoms with E-state index in [1.54, 1.807) is 12.1 Å². The molecule has 1 aromatic rings. The maximum absolute atomic E-state index is 11.7. The number of nitrogens with one attached hydrogen (secondary N) is 2. The van der Waals surface area contributed by atoms with Crippen molar-refractivity contribution in [1.82, 2.24) is 10.9 Å². The van der Waals surface area contributed by atoms with E-state index in [0.717, 1.165) is 0 Å². The maximum atomic E-state index is 11.7. The fourth-order valence-electron chi connectivity index (χ4n) is 1.21. The Kier molecular flexibility index (Phi) is 6.57. The molecule has 0 aromatic heterocycles. The molecule has 0 spiro atoms. The van der Waals surface area contributed by atoms with Crippen LogP contribution < -0.4 is 15.6 Å². The van der Waals surface area contributed by atoms with Crippen molar-refractivity contribution in [2.75, 3.05) is 13.7 Å². The Morgan fingerprint density at radius 3 is 2.60 bits per heavy atom. The number of carbonyl (C=O) groups excluding carboxylic acids is 2. The molecule has 0 fully saturated rings. The van der Waals surface area contributed by atoms with Crippen molar-refractivity contribution in [3.05, 3.63) is 28.2 Å². The molecule has 0 saturated heterocycles. The largest absolute Gasteiger partial charge is 0.479 e. The van der Waals surface area contributed by atoms with Gasteiger partial charge < -0.3 is 9.47 Å². The molecule has 0 aliphatic carbocycles. The van der Waals surface area contributed by atoms with Gasteiger partial charge >= 0.3 is 0 Å². The number of benzene rings is 1. The fraction of sp³-hybridized carbons (Fsp3) is 0.333. The first-order valence-corrected chi connectivity index (χ1v) is 6.39. The Morgan fingerprint density at radius 2 is 2.00 bits per heavy atom. The zero-order chi connectivity index (χ0) is 15.1. The van der Waals surface area contributed by atoms with Crippen molar-refractivity contribution in [2.24, 2.45) is 0 Å². The first kappa shape index (κ1) is 16.6. The number of halogens is 2. The summed E-state index contributed by atoms with van der Waals surface area (Å²) in [5, 5.41) is 0.756. The van der Waals surface area contributed by atoms with E-state index in [4.69, 9.17) is 27.9 Å². The summed E-state index contributed by atoms with van der Waals surface area (Å²) < 4.78 is 9.96. The van der Waals surface area contributed by atoms with Crippen LogP contribution in [-0.4, -0.2) is 31.6 Å². The van der Waals surface area contributed by atoms with Gasteiger partial charge in [0.15, 0.2) is 6.10 Å². The summed E-state index contributed by atoms with van der Waals surface area (Å²) in [5.41, 5.74) is 4.38. The maximum Gasteiger partial charge on any atom is 0.279 e. The zero-order valence-electron chi connectivity index (χ0n) is 10.9. The third-order valence-electron chi connectivity index (χ3n) is 2.17. The molecule has 2 amide bonds. The summed E-state index contributed by atoms with van der Waals surface area (Å²) in [4.78, 5) is 22.8. The van der Waals surface area contributed by atoms with Crippen LogP contribution >= 0.6 is 23.2 Å². The topological polar surface area (TPSA) is 76.7 Å². The van der Waals surface area contributed by atoms with Crippen LogP contribution in [0.5, 0.6) is 5.75 Å². The predicted octanol–water partition coefficient (Wildman–Crippen LogP) is 1.55. The number of hydrogen-bond donors (Lipinski definition) is 2.